The number of nitrogens with zero attached hydrogens (tertiary/aromatic N) is 3. The molecule has 2 heterocycles. The first-order valence-corrected chi connectivity index (χ1v) is 9.28. The molecule has 0 aliphatic carbocycles. The molecule has 0 saturated carbocycles. The zero-order valence-corrected chi connectivity index (χ0v) is 15.8. The first kappa shape index (κ1) is 17.5. The number of aromatic nitrogens is 2. The summed E-state index contributed by atoms with van der Waals surface area (Å²) in [5, 5.41) is 4.17. The average molecular weight is 361 g/mol. The molecule has 0 radical (unpaired) electrons. The van der Waals surface area contributed by atoms with Crippen LogP contribution < -0.4 is 0 Å². The molecule has 2 aromatic carbocycles. The van der Waals surface area contributed by atoms with Gasteiger partial charge < -0.3 is 9.42 Å². The molecular weight excluding hydrogens is 338 g/mol. The molecule has 0 N–H and O–H groups in total. The van der Waals surface area contributed by atoms with Crippen molar-refractivity contribution in [2.45, 2.75) is 39.2 Å². The van der Waals surface area contributed by atoms with Crippen molar-refractivity contribution in [1.82, 2.24) is 15.0 Å². The van der Waals surface area contributed by atoms with Crippen LogP contribution in [0, 0.1) is 13.8 Å². The summed E-state index contributed by atoms with van der Waals surface area (Å²) in [6.45, 7) is 6.74. The van der Waals surface area contributed by atoms with E-state index in [0.29, 0.717) is 24.7 Å². The van der Waals surface area contributed by atoms with E-state index in [-0.39, 0.29) is 17.9 Å². The predicted molar refractivity (Wildman–Crippen MR) is 103 cm³/mol. The lowest BCUT2D eigenvalue weighted by molar-refractivity contribution is -0.129. The number of rotatable bonds is 4. The maximum Gasteiger partial charge on any atom is 0.232 e. The van der Waals surface area contributed by atoms with Crippen LogP contribution in [-0.4, -0.2) is 27.5 Å². The summed E-state index contributed by atoms with van der Waals surface area (Å²) in [5.74, 6) is 1.20. The maximum absolute atomic E-state index is 12.6. The second-order valence-corrected chi connectivity index (χ2v) is 7.31. The minimum absolute atomic E-state index is 0.0325. The van der Waals surface area contributed by atoms with Gasteiger partial charge in [0, 0.05) is 18.5 Å². The lowest BCUT2D eigenvalue weighted by Gasteiger charge is -2.24. The quantitative estimate of drug-likeness (QED) is 0.690. The Balaban J connectivity index is 1.55. The van der Waals surface area contributed by atoms with Gasteiger partial charge >= 0.3 is 0 Å². The molecule has 2 unspecified atom stereocenters. The van der Waals surface area contributed by atoms with Crippen molar-refractivity contribution in [2.75, 3.05) is 6.54 Å². The Bertz CT molecular complexity index is 965. The van der Waals surface area contributed by atoms with Crippen LogP contribution in [0.3, 0.4) is 0 Å². The molecule has 0 spiro atoms. The van der Waals surface area contributed by atoms with E-state index in [9.17, 15) is 4.79 Å². The van der Waals surface area contributed by atoms with Gasteiger partial charge in [-0.15, -0.1) is 0 Å². The standard InChI is InChI=1S/C22H23N3O2/c1-14-9-10-15(2)19(11-14)21-23-22(27-24-21)18-12-20(26)25(13-18)16(3)17-7-5-4-6-8-17/h4-11,16,18H,12-13H2,1-3H3. The average Bonchev–Trinajstić information content (AvgIpc) is 3.31. The third-order valence-electron chi connectivity index (χ3n) is 5.33. The van der Waals surface area contributed by atoms with Crippen molar-refractivity contribution in [3.05, 3.63) is 71.1 Å². The van der Waals surface area contributed by atoms with Crippen LogP contribution in [0.1, 0.15) is 47.9 Å². The van der Waals surface area contributed by atoms with E-state index < -0.39 is 0 Å². The molecule has 1 fully saturated rings. The monoisotopic (exact) mass is 361 g/mol. The fourth-order valence-corrected chi connectivity index (χ4v) is 3.67. The van der Waals surface area contributed by atoms with Gasteiger partial charge in [0.1, 0.15) is 0 Å². The number of carbonyl (C=O) groups excluding carboxylic acids is 1. The van der Waals surface area contributed by atoms with Crippen molar-refractivity contribution >= 4 is 5.91 Å². The van der Waals surface area contributed by atoms with E-state index in [1.54, 1.807) is 0 Å². The Morgan fingerprint density at radius 1 is 1.15 bits per heavy atom. The first-order valence-electron chi connectivity index (χ1n) is 9.28. The van der Waals surface area contributed by atoms with Crippen LogP contribution in [0.2, 0.25) is 0 Å². The molecule has 4 rings (SSSR count). The Morgan fingerprint density at radius 3 is 2.70 bits per heavy atom. The van der Waals surface area contributed by atoms with Gasteiger partial charge in [0.05, 0.1) is 12.0 Å². The minimum atomic E-state index is -0.0602. The summed E-state index contributed by atoms with van der Waals surface area (Å²) >= 11 is 0. The van der Waals surface area contributed by atoms with Crippen LogP contribution in [-0.2, 0) is 4.79 Å². The number of hydrogen-bond donors (Lipinski definition) is 0. The third kappa shape index (κ3) is 3.37. The number of likely N-dealkylation sites (tertiary alicyclic amines) is 1. The van der Waals surface area contributed by atoms with E-state index in [0.717, 1.165) is 22.3 Å². The van der Waals surface area contributed by atoms with Crippen molar-refractivity contribution in [2.24, 2.45) is 0 Å². The highest BCUT2D eigenvalue weighted by Crippen LogP contribution is 2.34. The van der Waals surface area contributed by atoms with Gasteiger partial charge in [0.15, 0.2) is 0 Å². The van der Waals surface area contributed by atoms with E-state index in [4.69, 9.17) is 4.52 Å². The van der Waals surface area contributed by atoms with Crippen molar-refractivity contribution in [3.8, 4) is 11.4 Å². The second-order valence-electron chi connectivity index (χ2n) is 7.31. The van der Waals surface area contributed by atoms with E-state index in [1.165, 1.54) is 0 Å². The van der Waals surface area contributed by atoms with Gasteiger partial charge in [0.2, 0.25) is 17.6 Å². The first-order chi connectivity index (χ1) is 13.0. The Morgan fingerprint density at radius 2 is 1.93 bits per heavy atom. The second kappa shape index (κ2) is 6.99. The molecule has 3 aromatic rings. The summed E-state index contributed by atoms with van der Waals surface area (Å²) in [7, 11) is 0. The predicted octanol–water partition coefficient (Wildman–Crippen LogP) is 4.43. The van der Waals surface area contributed by atoms with Gasteiger partial charge in [-0.05, 0) is 38.0 Å². The number of hydrogen-bond acceptors (Lipinski definition) is 4. The zero-order chi connectivity index (χ0) is 19.0. The summed E-state index contributed by atoms with van der Waals surface area (Å²) in [6.07, 6.45) is 0.408. The van der Waals surface area contributed by atoms with Gasteiger partial charge in [0.25, 0.3) is 0 Å². The van der Waals surface area contributed by atoms with Gasteiger partial charge in [-0.25, -0.2) is 0 Å². The normalized spacial score (nSPS) is 18.1. The molecule has 1 aromatic heterocycles. The summed E-state index contributed by atoms with van der Waals surface area (Å²) in [5.41, 5.74) is 4.37. The molecule has 0 bridgehead atoms. The number of benzene rings is 2. The summed E-state index contributed by atoms with van der Waals surface area (Å²) < 4.78 is 5.54. The fourth-order valence-electron chi connectivity index (χ4n) is 3.67. The number of amides is 1. The van der Waals surface area contributed by atoms with E-state index in [1.807, 2.05) is 36.9 Å². The molecule has 5 heteroatoms. The highest BCUT2D eigenvalue weighted by molar-refractivity contribution is 5.80. The number of aryl methyl sites for hydroxylation is 2. The van der Waals surface area contributed by atoms with Gasteiger partial charge in [-0.2, -0.15) is 4.98 Å². The highest BCUT2D eigenvalue weighted by Gasteiger charge is 2.37. The van der Waals surface area contributed by atoms with Crippen molar-refractivity contribution in [1.29, 1.82) is 0 Å². The van der Waals surface area contributed by atoms with E-state index >= 15 is 0 Å². The largest absolute Gasteiger partial charge is 0.339 e. The lowest BCUT2D eigenvalue weighted by Crippen LogP contribution is -2.28. The lowest BCUT2D eigenvalue weighted by atomic mass is 10.1. The highest BCUT2D eigenvalue weighted by atomic mass is 16.5. The smallest absolute Gasteiger partial charge is 0.232 e. The topological polar surface area (TPSA) is 59.2 Å². The van der Waals surface area contributed by atoms with Gasteiger partial charge in [-0.3, -0.25) is 4.79 Å². The summed E-state index contributed by atoms with van der Waals surface area (Å²) in [6, 6.07) is 16.3. The Kier molecular flexibility index (Phi) is 4.52. The Hall–Kier alpha value is -2.95. The van der Waals surface area contributed by atoms with Crippen LogP contribution in [0.5, 0.6) is 0 Å². The molecule has 138 valence electrons. The molecule has 1 saturated heterocycles. The molecule has 1 aliphatic rings. The van der Waals surface area contributed by atoms with E-state index in [2.05, 4.69) is 47.4 Å². The maximum atomic E-state index is 12.6. The van der Waals surface area contributed by atoms with Crippen molar-refractivity contribution < 1.29 is 9.32 Å². The molecule has 27 heavy (non-hydrogen) atoms. The summed E-state index contributed by atoms with van der Waals surface area (Å²) in [4.78, 5) is 19.1. The zero-order valence-electron chi connectivity index (χ0n) is 15.8. The van der Waals surface area contributed by atoms with Crippen LogP contribution in [0.4, 0.5) is 0 Å². The minimum Gasteiger partial charge on any atom is -0.339 e. The van der Waals surface area contributed by atoms with Gasteiger partial charge in [-0.1, -0.05) is 53.2 Å². The molecular formula is C22H23N3O2. The molecule has 1 aliphatic heterocycles. The van der Waals surface area contributed by atoms with Crippen molar-refractivity contribution in [3.63, 3.8) is 0 Å². The van der Waals surface area contributed by atoms with Crippen LogP contribution >= 0.6 is 0 Å². The molecule has 2 atom stereocenters. The van der Waals surface area contributed by atoms with Crippen LogP contribution in [0.25, 0.3) is 11.4 Å². The third-order valence-corrected chi connectivity index (χ3v) is 5.33. The Labute approximate surface area is 159 Å². The molecule has 5 nitrogen and oxygen atoms in total. The fraction of sp³-hybridized carbons (Fsp3) is 0.318. The SMILES string of the molecule is Cc1ccc(C)c(-c2noc(C3CC(=O)N(C(C)c4ccccc4)C3)n2)c1. The number of carbonyl (C=O) groups is 1. The molecule has 1 amide bonds. The van der Waals surface area contributed by atoms with Crippen LogP contribution in [0.15, 0.2) is 53.1 Å².